The van der Waals surface area contributed by atoms with Gasteiger partial charge in [0.05, 0.1) is 5.92 Å². The molecular formula is C37H27O3. The smallest absolute Gasteiger partial charge is 0.127 e. The molecule has 6 aromatic rings. The van der Waals surface area contributed by atoms with Gasteiger partial charge in [0.15, 0.2) is 0 Å². The molecular weight excluding hydrogens is 492 g/mol. The van der Waals surface area contributed by atoms with E-state index >= 15 is 0 Å². The second-order valence-corrected chi connectivity index (χ2v) is 9.19. The highest BCUT2D eigenvalue weighted by molar-refractivity contribution is 5.59. The standard InChI is InChI=1S/C37H27O3/c1-4-10-31(11-5-1)38-34-22-16-28(17-23-34)37(29-18-24-35(25-19-29)39-32-12-6-2-7-13-32)30-20-26-36(27-21-30)40-33-14-8-3-9-15-33/h1-27H. The normalized spacial score (nSPS) is 10.7. The molecule has 0 aliphatic heterocycles. The zero-order chi connectivity index (χ0) is 27.0. The summed E-state index contributed by atoms with van der Waals surface area (Å²) in [6.45, 7) is 0. The average molecular weight is 520 g/mol. The van der Waals surface area contributed by atoms with Crippen molar-refractivity contribution < 1.29 is 14.2 Å². The SMILES string of the molecule is c1ccc(Oc2ccc([C](c3ccc(Oc4ccccc4)cc3)c3ccc(Oc4ccccc4)cc3)cc2)cc1. The fourth-order valence-corrected chi connectivity index (χ4v) is 4.44. The molecule has 0 aliphatic rings. The van der Waals surface area contributed by atoms with Gasteiger partial charge in [-0.05, 0) is 89.5 Å². The highest BCUT2D eigenvalue weighted by Gasteiger charge is 2.19. The Morgan fingerprint density at radius 2 is 0.475 bits per heavy atom. The number of para-hydroxylation sites is 3. The number of benzene rings is 6. The molecule has 0 unspecified atom stereocenters. The van der Waals surface area contributed by atoms with Crippen LogP contribution in [-0.2, 0) is 0 Å². The van der Waals surface area contributed by atoms with E-state index in [1.807, 2.05) is 127 Å². The van der Waals surface area contributed by atoms with Gasteiger partial charge in [-0.15, -0.1) is 0 Å². The maximum atomic E-state index is 6.03. The van der Waals surface area contributed by atoms with Gasteiger partial charge in [-0.3, -0.25) is 0 Å². The maximum absolute atomic E-state index is 6.03. The van der Waals surface area contributed by atoms with Gasteiger partial charge in [-0.2, -0.15) is 0 Å². The summed E-state index contributed by atoms with van der Waals surface area (Å²) in [4.78, 5) is 0. The lowest BCUT2D eigenvalue weighted by molar-refractivity contribution is 0.482. The molecule has 6 aromatic carbocycles. The lowest BCUT2D eigenvalue weighted by Crippen LogP contribution is -2.04. The van der Waals surface area contributed by atoms with Gasteiger partial charge >= 0.3 is 0 Å². The summed E-state index contributed by atoms with van der Waals surface area (Å²) < 4.78 is 18.1. The molecule has 0 bridgehead atoms. The van der Waals surface area contributed by atoms with E-state index in [1.165, 1.54) is 0 Å². The molecule has 0 saturated carbocycles. The molecule has 0 aliphatic carbocycles. The van der Waals surface area contributed by atoms with E-state index in [1.54, 1.807) is 0 Å². The van der Waals surface area contributed by atoms with Crippen molar-refractivity contribution in [3.63, 3.8) is 0 Å². The van der Waals surface area contributed by atoms with E-state index in [9.17, 15) is 0 Å². The lowest BCUT2D eigenvalue weighted by atomic mass is 9.85. The molecule has 0 fully saturated rings. The highest BCUT2D eigenvalue weighted by Crippen LogP contribution is 2.35. The molecule has 6 rings (SSSR count). The molecule has 1 radical (unpaired) electrons. The molecule has 0 heterocycles. The van der Waals surface area contributed by atoms with Crippen LogP contribution in [0, 0.1) is 5.92 Å². The van der Waals surface area contributed by atoms with E-state index in [-0.39, 0.29) is 0 Å². The third kappa shape index (κ3) is 6.23. The predicted molar refractivity (Wildman–Crippen MR) is 159 cm³/mol. The minimum absolute atomic E-state index is 0.785. The summed E-state index contributed by atoms with van der Waals surface area (Å²) in [7, 11) is 0. The van der Waals surface area contributed by atoms with Crippen LogP contribution in [0.5, 0.6) is 34.5 Å². The van der Waals surface area contributed by atoms with Gasteiger partial charge in [0.25, 0.3) is 0 Å². The van der Waals surface area contributed by atoms with E-state index in [2.05, 4.69) is 36.4 Å². The van der Waals surface area contributed by atoms with E-state index in [0.29, 0.717) is 0 Å². The van der Waals surface area contributed by atoms with Crippen molar-refractivity contribution in [2.45, 2.75) is 0 Å². The minimum atomic E-state index is 0.785. The first-order valence-corrected chi connectivity index (χ1v) is 13.2. The van der Waals surface area contributed by atoms with Gasteiger partial charge in [0.2, 0.25) is 0 Å². The quantitative estimate of drug-likeness (QED) is 0.178. The van der Waals surface area contributed by atoms with Crippen LogP contribution in [0.15, 0.2) is 164 Å². The lowest BCUT2D eigenvalue weighted by Gasteiger charge is -2.19. The van der Waals surface area contributed by atoms with Gasteiger partial charge in [0, 0.05) is 0 Å². The van der Waals surface area contributed by atoms with E-state index < -0.39 is 0 Å². The van der Waals surface area contributed by atoms with Crippen molar-refractivity contribution >= 4 is 0 Å². The predicted octanol–water partition coefficient (Wildman–Crippen LogP) is 10.1. The molecule has 0 N–H and O–H groups in total. The topological polar surface area (TPSA) is 27.7 Å². The summed E-state index contributed by atoms with van der Waals surface area (Å²) >= 11 is 0. The first kappa shape index (κ1) is 25.0. The molecule has 40 heavy (non-hydrogen) atoms. The Hall–Kier alpha value is -5.28. The van der Waals surface area contributed by atoms with Gasteiger partial charge in [0.1, 0.15) is 34.5 Å². The number of hydrogen-bond donors (Lipinski definition) is 0. The van der Waals surface area contributed by atoms with Gasteiger partial charge < -0.3 is 14.2 Å². The van der Waals surface area contributed by atoms with Crippen molar-refractivity contribution in [2.75, 3.05) is 0 Å². The van der Waals surface area contributed by atoms with Crippen LogP contribution in [0.1, 0.15) is 16.7 Å². The minimum Gasteiger partial charge on any atom is -0.457 e. The largest absolute Gasteiger partial charge is 0.457 e. The van der Waals surface area contributed by atoms with Crippen LogP contribution in [0.4, 0.5) is 0 Å². The molecule has 3 heteroatoms. The summed E-state index contributed by atoms with van der Waals surface area (Å²) in [5, 5.41) is 0. The molecule has 0 aromatic heterocycles. The average Bonchev–Trinajstić information content (AvgIpc) is 3.01. The Kier molecular flexibility index (Phi) is 7.54. The third-order valence-electron chi connectivity index (χ3n) is 6.37. The molecule has 0 atom stereocenters. The van der Waals surface area contributed by atoms with Crippen LogP contribution in [0.3, 0.4) is 0 Å². The first-order valence-electron chi connectivity index (χ1n) is 13.2. The molecule has 3 nitrogen and oxygen atoms in total. The number of ether oxygens (including phenoxy) is 3. The Morgan fingerprint density at radius 1 is 0.250 bits per heavy atom. The van der Waals surface area contributed by atoms with Crippen molar-refractivity contribution in [3.8, 4) is 34.5 Å². The highest BCUT2D eigenvalue weighted by atomic mass is 16.5. The molecule has 0 spiro atoms. The van der Waals surface area contributed by atoms with Gasteiger partial charge in [-0.25, -0.2) is 0 Å². The zero-order valence-corrected chi connectivity index (χ0v) is 21.8. The maximum Gasteiger partial charge on any atom is 0.127 e. The Morgan fingerprint density at radius 3 is 0.725 bits per heavy atom. The van der Waals surface area contributed by atoms with Crippen LogP contribution >= 0.6 is 0 Å². The molecule has 0 amide bonds. The van der Waals surface area contributed by atoms with Crippen LogP contribution in [0.25, 0.3) is 0 Å². The third-order valence-corrected chi connectivity index (χ3v) is 6.37. The van der Waals surface area contributed by atoms with Crippen LogP contribution in [-0.4, -0.2) is 0 Å². The van der Waals surface area contributed by atoms with E-state index in [0.717, 1.165) is 57.1 Å². The summed E-state index contributed by atoms with van der Waals surface area (Å²) in [5.41, 5.74) is 3.23. The fraction of sp³-hybridized carbons (Fsp3) is 0. The summed E-state index contributed by atoms with van der Waals surface area (Å²) in [5.74, 6) is 5.88. The Bertz CT molecular complexity index is 1410. The van der Waals surface area contributed by atoms with Crippen molar-refractivity contribution in [1.82, 2.24) is 0 Å². The van der Waals surface area contributed by atoms with Crippen molar-refractivity contribution in [3.05, 3.63) is 186 Å². The first-order chi connectivity index (χ1) is 19.8. The summed E-state index contributed by atoms with van der Waals surface area (Å²) in [6.07, 6.45) is 0. The van der Waals surface area contributed by atoms with Crippen LogP contribution < -0.4 is 14.2 Å². The molecule has 193 valence electrons. The zero-order valence-electron chi connectivity index (χ0n) is 21.8. The van der Waals surface area contributed by atoms with Crippen molar-refractivity contribution in [2.24, 2.45) is 0 Å². The Labute approximate surface area is 234 Å². The number of rotatable bonds is 9. The second kappa shape index (κ2) is 12.1. The second-order valence-electron chi connectivity index (χ2n) is 9.19. The summed E-state index contributed by atoms with van der Waals surface area (Å²) in [6, 6.07) is 54.0. The van der Waals surface area contributed by atoms with Crippen LogP contribution in [0.2, 0.25) is 0 Å². The number of hydrogen-bond acceptors (Lipinski definition) is 3. The Balaban J connectivity index is 1.28. The van der Waals surface area contributed by atoms with Crippen molar-refractivity contribution in [1.29, 1.82) is 0 Å². The van der Waals surface area contributed by atoms with E-state index in [4.69, 9.17) is 14.2 Å². The fourth-order valence-electron chi connectivity index (χ4n) is 4.44. The van der Waals surface area contributed by atoms with Gasteiger partial charge in [-0.1, -0.05) is 91.0 Å². The monoisotopic (exact) mass is 519 g/mol. The molecule has 0 saturated heterocycles.